The van der Waals surface area contributed by atoms with Crippen LogP contribution in [0.25, 0.3) is 0 Å². The van der Waals surface area contributed by atoms with Crippen LogP contribution in [0.2, 0.25) is 0 Å². The Balaban J connectivity index is 2.41. The topological polar surface area (TPSA) is 12.5 Å². The molecule has 1 heterocycles. The average Bonchev–Trinajstić information content (AvgIpc) is 2.27. The predicted octanol–water partition coefficient (Wildman–Crippen LogP) is 3.59. The van der Waals surface area contributed by atoms with E-state index in [4.69, 9.17) is 4.74 Å². The highest BCUT2D eigenvalue weighted by Crippen LogP contribution is 2.37. The van der Waals surface area contributed by atoms with Crippen molar-refractivity contribution in [1.29, 1.82) is 0 Å². The normalized spacial score (nSPS) is 19.8. The third-order valence-electron chi connectivity index (χ3n) is 3.49. The zero-order valence-corrected chi connectivity index (χ0v) is 11.6. The Hall–Kier alpha value is -1.18. The third-order valence-corrected chi connectivity index (χ3v) is 3.49. The summed E-state index contributed by atoms with van der Waals surface area (Å²) in [6, 6.07) is 7.09. The number of nitrogens with zero attached hydrogens (tertiary/aromatic N) is 1. The number of hydrogen-bond acceptors (Lipinski definition) is 2. The molecule has 0 N–H and O–H groups in total. The van der Waals surface area contributed by atoms with Crippen LogP contribution in [0, 0.1) is 0 Å². The van der Waals surface area contributed by atoms with Crippen LogP contribution in [-0.4, -0.2) is 19.2 Å². The first-order valence-corrected chi connectivity index (χ1v) is 6.47. The van der Waals surface area contributed by atoms with Crippen molar-refractivity contribution >= 4 is 5.69 Å². The first-order chi connectivity index (χ1) is 7.93. The molecule has 0 aromatic heterocycles. The van der Waals surface area contributed by atoms with E-state index in [-0.39, 0.29) is 5.41 Å². The Morgan fingerprint density at radius 1 is 1.35 bits per heavy atom. The van der Waals surface area contributed by atoms with Gasteiger partial charge >= 0.3 is 0 Å². The number of benzene rings is 1. The molecule has 1 aliphatic rings. The van der Waals surface area contributed by atoms with Gasteiger partial charge in [0.05, 0.1) is 11.7 Å². The molecular weight excluding hydrogens is 210 g/mol. The molecule has 1 unspecified atom stereocenters. The molecule has 1 aromatic carbocycles. The lowest BCUT2D eigenvalue weighted by Crippen LogP contribution is -2.40. The molecule has 94 valence electrons. The summed E-state index contributed by atoms with van der Waals surface area (Å²) in [6.45, 7) is 12.9. The van der Waals surface area contributed by atoms with E-state index in [9.17, 15) is 0 Å². The van der Waals surface area contributed by atoms with Gasteiger partial charge in [0.2, 0.25) is 0 Å². The van der Waals surface area contributed by atoms with Gasteiger partial charge in [-0.3, -0.25) is 0 Å². The molecule has 0 bridgehead atoms. The molecule has 2 heteroatoms. The smallest absolute Gasteiger partial charge is 0.143 e. The largest absolute Gasteiger partial charge is 0.489 e. The van der Waals surface area contributed by atoms with E-state index < -0.39 is 0 Å². The Morgan fingerprint density at radius 3 is 2.65 bits per heavy atom. The first-order valence-electron chi connectivity index (χ1n) is 6.47. The molecule has 1 aromatic rings. The van der Waals surface area contributed by atoms with Gasteiger partial charge in [-0.25, -0.2) is 0 Å². The maximum absolute atomic E-state index is 5.86. The van der Waals surface area contributed by atoms with Gasteiger partial charge in [-0.15, -0.1) is 0 Å². The zero-order valence-electron chi connectivity index (χ0n) is 11.6. The van der Waals surface area contributed by atoms with Crippen molar-refractivity contribution in [3.8, 4) is 5.75 Å². The lowest BCUT2D eigenvalue weighted by molar-refractivity contribution is 0.270. The summed E-state index contributed by atoms with van der Waals surface area (Å²) in [5.74, 6) is 1.04. The van der Waals surface area contributed by atoms with E-state index in [1.807, 2.05) is 0 Å². The Bertz CT molecular complexity index is 406. The van der Waals surface area contributed by atoms with Crippen LogP contribution in [0.5, 0.6) is 5.75 Å². The van der Waals surface area contributed by atoms with Crippen molar-refractivity contribution in [2.24, 2.45) is 0 Å². The van der Waals surface area contributed by atoms with Crippen LogP contribution in [0.15, 0.2) is 18.2 Å². The highest BCUT2D eigenvalue weighted by Gasteiger charge is 2.24. The SMILES string of the molecule is CCN1c2ccc(C(C)(C)C)cc2OCC1C. The van der Waals surface area contributed by atoms with E-state index in [2.05, 4.69) is 57.7 Å². The van der Waals surface area contributed by atoms with Crippen molar-refractivity contribution in [2.75, 3.05) is 18.1 Å². The molecule has 17 heavy (non-hydrogen) atoms. The molecular formula is C15H23NO. The van der Waals surface area contributed by atoms with Crippen molar-refractivity contribution in [3.05, 3.63) is 23.8 Å². The second-order valence-corrected chi connectivity index (χ2v) is 5.88. The van der Waals surface area contributed by atoms with Crippen LogP contribution in [0.3, 0.4) is 0 Å². The molecule has 2 rings (SSSR count). The molecule has 0 fully saturated rings. The van der Waals surface area contributed by atoms with Gasteiger partial charge in [0.15, 0.2) is 0 Å². The second kappa shape index (κ2) is 4.25. The first kappa shape index (κ1) is 12.3. The Labute approximate surface area is 105 Å². The van der Waals surface area contributed by atoms with Gasteiger partial charge in [-0.2, -0.15) is 0 Å². The fourth-order valence-corrected chi connectivity index (χ4v) is 2.35. The summed E-state index contributed by atoms with van der Waals surface area (Å²) >= 11 is 0. The summed E-state index contributed by atoms with van der Waals surface area (Å²) in [7, 11) is 0. The fraction of sp³-hybridized carbons (Fsp3) is 0.600. The second-order valence-electron chi connectivity index (χ2n) is 5.88. The van der Waals surface area contributed by atoms with Crippen molar-refractivity contribution in [1.82, 2.24) is 0 Å². The number of likely N-dealkylation sites (N-methyl/N-ethyl adjacent to an activating group) is 1. The van der Waals surface area contributed by atoms with Crippen LogP contribution in [-0.2, 0) is 5.41 Å². The molecule has 0 saturated heterocycles. The van der Waals surface area contributed by atoms with Crippen molar-refractivity contribution in [2.45, 2.75) is 46.1 Å². The van der Waals surface area contributed by atoms with Gasteiger partial charge in [-0.05, 0) is 37.0 Å². The van der Waals surface area contributed by atoms with E-state index in [1.54, 1.807) is 0 Å². The van der Waals surface area contributed by atoms with Crippen molar-refractivity contribution in [3.63, 3.8) is 0 Å². The molecule has 0 aliphatic carbocycles. The minimum Gasteiger partial charge on any atom is -0.489 e. The molecule has 0 radical (unpaired) electrons. The van der Waals surface area contributed by atoms with Gasteiger partial charge in [0.25, 0.3) is 0 Å². The van der Waals surface area contributed by atoms with Gasteiger partial charge < -0.3 is 9.64 Å². The highest BCUT2D eigenvalue weighted by molar-refractivity contribution is 5.62. The summed E-state index contributed by atoms with van der Waals surface area (Å²) in [4.78, 5) is 2.41. The monoisotopic (exact) mass is 233 g/mol. The van der Waals surface area contributed by atoms with Crippen molar-refractivity contribution < 1.29 is 4.74 Å². The van der Waals surface area contributed by atoms with Crippen LogP contribution < -0.4 is 9.64 Å². The van der Waals surface area contributed by atoms with E-state index in [1.165, 1.54) is 11.3 Å². The molecule has 0 amide bonds. The summed E-state index contributed by atoms with van der Waals surface area (Å²) in [5.41, 5.74) is 2.75. The van der Waals surface area contributed by atoms with Crippen LogP contribution in [0.4, 0.5) is 5.69 Å². The fourth-order valence-electron chi connectivity index (χ4n) is 2.35. The molecule has 0 saturated carbocycles. The lowest BCUT2D eigenvalue weighted by atomic mass is 9.86. The maximum Gasteiger partial charge on any atom is 0.143 e. The quantitative estimate of drug-likeness (QED) is 0.735. The minimum atomic E-state index is 0.179. The van der Waals surface area contributed by atoms with Crippen LogP contribution in [0.1, 0.15) is 40.2 Å². The minimum absolute atomic E-state index is 0.179. The van der Waals surface area contributed by atoms with Gasteiger partial charge in [-0.1, -0.05) is 26.8 Å². The zero-order chi connectivity index (χ0) is 12.6. The number of rotatable bonds is 1. The van der Waals surface area contributed by atoms with Crippen LogP contribution >= 0.6 is 0 Å². The summed E-state index contributed by atoms with van der Waals surface area (Å²) < 4.78 is 5.86. The summed E-state index contributed by atoms with van der Waals surface area (Å²) in [5, 5.41) is 0. The van der Waals surface area contributed by atoms with E-state index >= 15 is 0 Å². The predicted molar refractivity (Wildman–Crippen MR) is 73.1 cm³/mol. The Kier molecular flexibility index (Phi) is 3.07. The molecule has 2 nitrogen and oxygen atoms in total. The molecule has 1 aliphatic heterocycles. The number of fused-ring (bicyclic) bond motifs is 1. The highest BCUT2D eigenvalue weighted by atomic mass is 16.5. The average molecular weight is 233 g/mol. The maximum atomic E-state index is 5.86. The standard InChI is InChI=1S/C15H23NO/c1-6-16-11(2)10-17-14-9-12(15(3,4)5)7-8-13(14)16/h7-9,11H,6,10H2,1-5H3. The van der Waals surface area contributed by atoms with E-state index in [0.29, 0.717) is 6.04 Å². The Morgan fingerprint density at radius 2 is 2.06 bits per heavy atom. The summed E-state index contributed by atoms with van der Waals surface area (Å²) in [6.07, 6.45) is 0. The number of hydrogen-bond donors (Lipinski definition) is 0. The lowest BCUT2D eigenvalue weighted by Gasteiger charge is -2.36. The number of anilines is 1. The van der Waals surface area contributed by atoms with Gasteiger partial charge in [0, 0.05) is 6.54 Å². The molecule has 1 atom stereocenters. The molecule has 0 spiro atoms. The number of ether oxygens (including phenoxy) is 1. The van der Waals surface area contributed by atoms with Gasteiger partial charge in [0.1, 0.15) is 12.4 Å². The third kappa shape index (κ3) is 2.26. The van der Waals surface area contributed by atoms with E-state index in [0.717, 1.165) is 18.9 Å².